The van der Waals surface area contributed by atoms with E-state index < -0.39 is 0 Å². The van der Waals surface area contributed by atoms with Gasteiger partial charge in [-0.2, -0.15) is 4.98 Å². The van der Waals surface area contributed by atoms with E-state index in [1.807, 2.05) is 0 Å². The second-order valence-electron chi connectivity index (χ2n) is 4.59. The van der Waals surface area contributed by atoms with Gasteiger partial charge in [0, 0.05) is 25.9 Å². The maximum Gasteiger partial charge on any atom is 0.238 e. The van der Waals surface area contributed by atoms with Crippen LogP contribution in [0.2, 0.25) is 0 Å². The van der Waals surface area contributed by atoms with E-state index in [0.717, 1.165) is 19.5 Å². The van der Waals surface area contributed by atoms with Gasteiger partial charge in [0.1, 0.15) is 0 Å². The normalized spacial score (nSPS) is 10.2. The lowest BCUT2D eigenvalue weighted by molar-refractivity contribution is -0.121. The van der Waals surface area contributed by atoms with Crippen molar-refractivity contribution in [1.82, 2.24) is 20.8 Å². The van der Waals surface area contributed by atoms with Crippen LogP contribution in [0, 0.1) is 0 Å². The fourth-order valence-corrected chi connectivity index (χ4v) is 1.76. The topological polar surface area (TPSA) is 93.2 Å². The second kappa shape index (κ2) is 9.97. The molecule has 0 atom stereocenters. The Morgan fingerprint density at radius 2 is 2.18 bits per heavy atom. The van der Waals surface area contributed by atoms with Gasteiger partial charge in [-0.25, -0.2) is 0 Å². The van der Waals surface area contributed by atoms with Gasteiger partial charge in [0.05, 0.1) is 6.26 Å². The highest BCUT2D eigenvalue weighted by Crippen LogP contribution is 2.16. The van der Waals surface area contributed by atoms with E-state index in [1.165, 1.54) is 0 Å². The summed E-state index contributed by atoms with van der Waals surface area (Å²) in [5.74, 6) is 1.36. The van der Waals surface area contributed by atoms with Crippen LogP contribution in [0.5, 0.6) is 0 Å². The van der Waals surface area contributed by atoms with E-state index in [1.54, 1.807) is 18.4 Å². The van der Waals surface area contributed by atoms with Gasteiger partial charge >= 0.3 is 0 Å². The molecule has 22 heavy (non-hydrogen) atoms. The summed E-state index contributed by atoms with van der Waals surface area (Å²) < 4.78 is 10.3. The predicted octanol–water partition coefficient (Wildman–Crippen LogP) is 1.80. The molecule has 0 fully saturated rings. The minimum Gasteiger partial charge on any atom is -0.461 e. The van der Waals surface area contributed by atoms with Crippen molar-refractivity contribution in [3.63, 3.8) is 0 Å². The number of carbonyl (C=O) groups excluding carboxylic acids is 1. The highest BCUT2D eigenvalue weighted by Gasteiger charge is 2.11. The second-order valence-corrected chi connectivity index (χ2v) is 4.59. The van der Waals surface area contributed by atoms with Gasteiger partial charge in [-0.05, 0) is 25.1 Å². The number of nitrogens with zero attached hydrogens (tertiary/aromatic N) is 2. The van der Waals surface area contributed by atoms with Crippen LogP contribution < -0.4 is 10.6 Å². The Balaban J connectivity index is 0.00000242. The third-order valence-corrected chi connectivity index (χ3v) is 2.83. The van der Waals surface area contributed by atoms with E-state index in [-0.39, 0.29) is 18.3 Å². The first kappa shape index (κ1) is 18.2. The number of aryl methyl sites for hydroxylation is 1. The van der Waals surface area contributed by atoms with Gasteiger partial charge in [-0.15, -0.1) is 12.4 Å². The molecule has 0 saturated carbocycles. The molecule has 0 unspecified atom stereocenters. The monoisotopic (exact) mass is 328 g/mol. The van der Waals surface area contributed by atoms with Gasteiger partial charge < -0.3 is 19.6 Å². The van der Waals surface area contributed by atoms with Gasteiger partial charge in [0.25, 0.3) is 0 Å². The lowest BCUT2D eigenvalue weighted by Crippen LogP contribution is -2.32. The van der Waals surface area contributed by atoms with Crippen molar-refractivity contribution in [3.8, 4) is 11.6 Å². The molecule has 2 N–H and O–H groups in total. The summed E-state index contributed by atoms with van der Waals surface area (Å²) in [7, 11) is 0. The van der Waals surface area contributed by atoms with Crippen LogP contribution in [0.15, 0.2) is 27.3 Å². The van der Waals surface area contributed by atoms with E-state index in [4.69, 9.17) is 8.94 Å². The molecule has 2 heterocycles. The van der Waals surface area contributed by atoms with Gasteiger partial charge in [-0.1, -0.05) is 12.1 Å². The third-order valence-electron chi connectivity index (χ3n) is 2.83. The number of amides is 1. The van der Waals surface area contributed by atoms with Crippen LogP contribution in [0.1, 0.15) is 25.7 Å². The Morgan fingerprint density at radius 1 is 1.32 bits per heavy atom. The maximum absolute atomic E-state index is 11.6. The smallest absolute Gasteiger partial charge is 0.238 e. The van der Waals surface area contributed by atoms with Crippen molar-refractivity contribution < 1.29 is 13.7 Å². The molecule has 0 aromatic carbocycles. The molecule has 0 radical (unpaired) electrons. The highest BCUT2D eigenvalue weighted by atomic mass is 35.5. The van der Waals surface area contributed by atoms with Crippen LogP contribution in [0.3, 0.4) is 0 Å². The first-order valence-electron chi connectivity index (χ1n) is 7.13. The summed E-state index contributed by atoms with van der Waals surface area (Å²) in [5.41, 5.74) is 0. The number of halogens is 1. The number of hydrogen-bond donors (Lipinski definition) is 2. The summed E-state index contributed by atoms with van der Waals surface area (Å²) in [5, 5.41) is 9.86. The minimum atomic E-state index is -0.0222. The van der Waals surface area contributed by atoms with E-state index in [9.17, 15) is 4.79 Å². The summed E-state index contributed by atoms with van der Waals surface area (Å²) in [6, 6.07) is 3.51. The lowest BCUT2D eigenvalue weighted by Gasteiger charge is -2.04. The quantitative estimate of drug-likeness (QED) is 0.682. The summed E-state index contributed by atoms with van der Waals surface area (Å²) in [6.45, 7) is 4.48. The number of rotatable bonds is 9. The van der Waals surface area contributed by atoms with Crippen molar-refractivity contribution >= 4 is 18.3 Å². The summed E-state index contributed by atoms with van der Waals surface area (Å²) in [6.07, 6.45) is 3.38. The van der Waals surface area contributed by atoms with Crippen molar-refractivity contribution in [2.45, 2.75) is 26.2 Å². The maximum atomic E-state index is 11.6. The van der Waals surface area contributed by atoms with Crippen LogP contribution in [-0.4, -0.2) is 35.7 Å². The van der Waals surface area contributed by atoms with Crippen LogP contribution in [0.4, 0.5) is 0 Å². The Morgan fingerprint density at radius 3 is 2.91 bits per heavy atom. The predicted molar refractivity (Wildman–Crippen MR) is 83.7 cm³/mol. The van der Waals surface area contributed by atoms with Gasteiger partial charge in [-0.3, -0.25) is 4.79 Å². The summed E-state index contributed by atoms with van der Waals surface area (Å²) >= 11 is 0. The average molecular weight is 329 g/mol. The Labute approximate surface area is 135 Å². The lowest BCUT2D eigenvalue weighted by atomic mass is 10.3. The molecule has 8 heteroatoms. The van der Waals surface area contributed by atoms with E-state index in [2.05, 4.69) is 27.7 Å². The minimum absolute atomic E-state index is 0. The van der Waals surface area contributed by atoms with Crippen molar-refractivity contribution in [3.05, 3.63) is 24.3 Å². The number of hydrogen-bond acceptors (Lipinski definition) is 6. The largest absolute Gasteiger partial charge is 0.461 e. The number of carbonyl (C=O) groups is 1. The first-order chi connectivity index (χ1) is 10.3. The molecular formula is C14H21ClN4O3. The standard InChI is InChI=1S/C14H20N4O3.ClH/c1-2-7-15-8-9-16-12(19)5-6-13-17-14(18-21-13)11-4-3-10-20-11;/h3-4,10,15H,2,5-9H2,1H3,(H,16,19);1H. The zero-order chi connectivity index (χ0) is 14.9. The van der Waals surface area contributed by atoms with Crippen molar-refractivity contribution in [2.24, 2.45) is 0 Å². The molecule has 1 amide bonds. The van der Waals surface area contributed by atoms with Gasteiger partial charge in [0.15, 0.2) is 5.76 Å². The zero-order valence-electron chi connectivity index (χ0n) is 12.5. The molecule has 2 aromatic heterocycles. The molecule has 2 rings (SSSR count). The Hall–Kier alpha value is -1.86. The number of furan rings is 1. The SMILES string of the molecule is CCCNCCNC(=O)CCc1nc(-c2ccco2)no1.Cl. The molecule has 0 aliphatic rings. The zero-order valence-corrected chi connectivity index (χ0v) is 13.3. The fraction of sp³-hybridized carbons (Fsp3) is 0.500. The molecular weight excluding hydrogens is 308 g/mol. The van der Waals surface area contributed by atoms with E-state index >= 15 is 0 Å². The Bertz CT molecular complexity index is 542. The number of aromatic nitrogens is 2. The van der Waals surface area contributed by atoms with Crippen LogP contribution in [-0.2, 0) is 11.2 Å². The molecule has 0 aliphatic heterocycles. The van der Waals surface area contributed by atoms with Gasteiger partial charge in [0.2, 0.25) is 17.6 Å². The van der Waals surface area contributed by atoms with Crippen LogP contribution >= 0.6 is 12.4 Å². The van der Waals surface area contributed by atoms with Crippen LogP contribution in [0.25, 0.3) is 11.6 Å². The summed E-state index contributed by atoms with van der Waals surface area (Å²) in [4.78, 5) is 15.8. The van der Waals surface area contributed by atoms with Crippen molar-refractivity contribution in [2.75, 3.05) is 19.6 Å². The molecule has 0 spiro atoms. The molecule has 0 aliphatic carbocycles. The van der Waals surface area contributed by atoms with Crippen molar-refractivity contribution in [1.29, 1.82) is 0 Å². The number of nitrogens with one attached hydrogen (secondary N) is 2. The molecule has 7 nitrogen and oxygen atoms in total. The third kappa shape index (κ3) is 5.87. The molecule has 122 valence electrons. The average Bonchev–Trinajstić information content (AvgIpc) is 3.15. The fourth-order valence-electron chi connectivity index (χ4n) is 1.76. The highest BCUT2D eigenvalue weighted by molar-refractivity contribution is 5.85. The molecule has 0 saturated heterocycles. The molecule has 0 bridgehead atoms. The Kier molecular flexibility index (Phi) is 8.24. The van der Waals surface area contributed by atoms with E-state index in [0.29, 0.717) is 36.9 Å². The molecule has 2 aromatic rings. The first-order valence-corrected chi connectivity index (χ1v) is 7.13.